The molecule has 0 radical (unpaired) electrons. The zero-order valence-electron chi connectivity index (χ0n) is 48.2. The van der Waals surface area contributed by atoms with Crippen molar-refractivity contribution in [3.63, 3.8) is 0 Å². The monoisotopic (exact) mass is 1010 g/mol. The Morgan fingerprint density at radius 1 is 0.278 bits per heavy atom. The first-order valence-corrected chi connectivity index (χ1v) is 31.6. The third-order valence-corrected chi connectivity index (χ3v) is 14.0. The fraction of sp³-hybridized carbons (Fsp3) is 0.833. The van der Waals surface area contributed by atoms with E-state index in [9.17, 15) is 14.4 Å². The van der Waals surface area contributed by atoms with Crippen LogP contribution < -0.4 is 0 Å². The number of unbranched alkanes of at least 4 members (excludes halogenated alkanes) is 39. The highest BCUT2D eigenvalue weighted by molar-refractivity contribution is 5.71. The molecule has 0 N–H and O–H groups in total. The van der Waals surface area contributed by atoms with Gasteiger partial charge in [-0.25, -0.2) is 0 Å². The molecule has 6 nitrogen and oxygen atoms in total. The molecule has 0 aliphatic heterocycles. The van der Waals surface area contributed by atoms with Crippen molar-refractivity contribution in [3.05, 3.63) is 48.6 Å². The molecule has 0 fully saturated rings. The summed E-state index contributed by atoms with van der Waals surface area (Å²) in [5.41, 5.74) is 0. The Morgan fingerprint density at radius 2 is 0.500 bits per heavy atom. The summed E-state index contributed by atoms with van der Waals surface area (Å²) in [5.74, 6) is -0.886. The molecule has 72 heavy (non-hydrogen) atoms. The lowest BCUT2D eigenvalue weighted by Crippen LogP contribution is -2.30. The molecular formula is C66H120O6. The summed E-state index contributed by atoms with van der Waals surface area (Å²) >= 11 is 0. The van der Waals surface area contributed by atoms with Crippen LogP contribution in [0.4, 0.5) is 0 Å². The van der Waals surface area contributed by atoms with E-state index in [0.717, 1.165) is 89.9 Å². The standard InChI is InChI=1S/C66H120O6/c1-4-7-10-13-16-19-22-25-28-29-30-31-32-33-34-35-36-37-39-41-44-47-50-53-56-59-65(68)71-62-63(61-70-64(67)58-55-52-49-46-43-40-27-24-21-18-15-12-9-6-3)72-66(69)60-57-54-51-48-45-42-38-26-23-20-17-14-11-8-5-2/h17,20,24,26-27,29-30,38,63H,4-16,18-19,21-23,25,28,31-37,39-62H2,1-3H3/b20-17-,27-24-,30-29-,38-26-. The molecule has 0 spiro atoms. The van der Waals surface area contributed by atoms with Gasteiger partial charge in [0.1, 0.15) is 13.2 Å². The van der Waals surface area contributed by atoms with Crippen LogP contribution in [0.25, 0.3) is 0 Å². The third-order valence-electron chi connectivity index (χ3n) is 14.0. The summed E-state index contributed by atoms with van der Waals surface area (Å²) in [6, 6.07) is 0. The number of allylic oxidation sites excluding steroid dienone is 8. The Kier molecular flexibility index (Phi) is 58.7. The molecule has 0 saturated heterocycles. The van der Waals surface area contributed by atoms with Crippen molar-refractivity contribution in [1.82, 2.24) is 0 Å². The highest BCUT2D eigenvalue weighted by atomic mass is 16.6. The van der Waals surface area contributed by atoms with Gasteiger partial charge < -0.3 is 14.2 Å². The predicted molar refractivity (Wildman–Crippen MR) is 312 cm³/mol. The van der Waals surface area contributed by atoms with Crippen LogP contribution in [0.2, 0.25) is 0 Å². The average Bonchev–Trinajstić information content (AvgIpc) is 3.38. The minimum absolute atomic E-state index is 0.0793. The van der Waals surface area contributed by atoms with E-state index >= 15 is 0 Å². The van der Waals surface area contributed by atoms with Crippen LogP contribution in [0.1, 0.15) is 335 Å². The van der Waals surface area contributed by atoms with Gasteiger partial charge >= 0.3 is 17.9 Å². The SMILES string of the molecule is CCCCC/C=C\C/C=C\CCCCCCCC(=O)OC(COC(=O)CCCCCCC/C=C\CCCCCCC)COC(=O)CCCCCCCCCCCCCCC/C=C\CCCCCCCCCC. The number of rotatable bonds is 58. The van der Waals surface area contributed by atoms with Gasteiger partial charge in [0, 0.05) is 19.3 Å². The fourth-order valence-corrected chi connectivity index (χ4v) is 9.23. The van der Waals surface area contributed by atoms with E-state index in [-0.39, 0.29) is 31.1 Å². The second kappa shape index (κ2) is 60.9. The van der Waals surface area contributed by atoms with Gasteiger partial charge in [-0.1, -0.05) is 262 Å². The van der Waals surface area contributed by atoms with Gasteiger partial charge in [0.25, 0.3) is 0 Å². The fourth-order valence-electron chi connectivity index (χ4n) is 9.23. The Morgan fingerprint density at radius 3 is 0.806 bits per heavy atom. The van der Waals surface area contributed by atoms with E-state index in [4.69, 9.17) is 14.2 Å². The van der Waals surface area contributed by atoms with E-state index < -0.39 is 6.10 Å². The molecule has 0 heterocycles. The molecule has 1 unspecified atom stereocenters. The molecule has 0 saturated carbocycles. The minimum atomic E-state index is -0.783. The van der Waals surface area contributed by atoms with E-state index in [2.05, 4.69) is 69.4 Å². The highest BCUT2D eigenvalue weighted by Gasteiger charge is 2.19. The molecule has 0 rings (SSSR count). The summed E-state index contributed by atoms with van der Waals surface area (Å²) in [5, 5.41) is 0. The quantitative estimate of drug-likeness (QED) is 0.0261. The normalized spacial score (nSPS) is 12.3. The van der Waals surface area contributed by atoms with Crippen molar-refractivity contribution in [1.29, 1.82) is 0 Å². The number of carbonyl (C=O) groups is 3. The van der Waals surface area contributed by atoms with Gasteiger partial charge in [0.15, 0.2) is 6.10 Å². The topological polar surface area (TPSA) is 78.9 Å². The molecule has 0 aromatic heterocycles. The second-order valence-electron chi connectivity index (χ2n) is 21.3. The van der Waals surface area contributed by atoms with Crippen LogP contribution >= 0.6 is 0 Å². The second-order valence-corrected chi connectivity index (χ2v) is 21.3. The maximum absolute atomic E-state index is 12.9. The van der Waals surface area contributed by atoms with Gasteiger partial charge in [0.2, 0.25) is 0 Å². The summed E-state index contributed by atoms with van der Waals surface area (Å²) in [7, 11) is 0. The smallest absolute Gasteiger partial charge is 0.306 e. The number of esters is 3. The van der Waals surface area contributed by atoms with Crippen molar-refractivity contribution in [2.75, 3.05) is 13.2 Å². The zero-order valence-corrected chi connectivity index (χ0v) is 48.2. The van der Waals surface area contributed by atoms with Crippen LogP contribution in [0, 0.1) is 0 Å². The van der Waals surface area contributed by atoms with Crippen molar-refractivity contribution >= 4 is 17.9 Å². The summed E-state index contributed by atoms with van der Waals surface area (Å²) < 4.78 is 16.9. The maximum atomic E-state index is 12.9. The largest absolute Gasteiger partial charge is 0.462 e. The number of hydrogen-bond donors (Lipinski definition) is 0. The number of hydrogen-bond acceptors (Lipinski definition) is 6. The summed E-state index contributed by atoms with van der Waals surface area (Å²) in [6.07, 6.45) is 75.5. The van der Waals surface area contributed by atoms with Crippen LogP contribution in [0.15, 0.2) is 48.6 Å². The lowest BCUT2D eigenvalue weighted by molar-refractivity contribution is -0.167. The molecule has 1 atom stereocenters. The van der Waals surface area contributed by atoms with E-state index in [1.165, 1.54) is 205 Å². The van der Waals surface area contributed by atoms with Gasteiger partial charge in [-0.3, -0.25) is 14.4 Å². The van der Waals surface area contributed by atoms with Crippen LogP contribution in [-0.4, -0.2) is 37.2 Å². The molecular weight excluding hydrogens is 889 g/mol. The molecule has 0 amide bonds. The van der Waals surface area contributed by atoms with Crippen molar-refractivity contribution in [3.8, 4) is 0 Å². The summed E-state index contributed by atoms with van der Waals surface area (Å²) in [6.45, 7) is 6.63. The Labute approximate surface area is 448 Å². The lowest BCUT2D eigenvalue weighted by Gasteiger charge is -2.18. The predicted octanol–water partition coefficient (Wildman–Crippen LogP) is 21.4. The molecule has 0 aliphatic carbocycles. The van der Waals surface area contributed by atoms with Crippen molar-refractivity contribution in [2.45, 2.75) is 341 Å². The molecule has 420 valence electrons. The van der Waals surface area contributed by atoms with Crippen LogP contribution in [-0.2, 0) is 28.6 Å². The maximum Gasteiger partial charge on any atom is 0.306 e. The third kappa shape index (κ3) is 58.3. The van der Waals surface area contributed by atoms with Gasteiger partial charge in [-0.2, -0.15) is 0 Å². The Balaban J connectivity index is 4.27. The molecule has 6 heteroatoms. The zero-order chi connectivity index (χ0) is 52.2. The van der Waals surface area contributed by atoms with Gasteiger partial charge in [-0.15, -0.1) is 0 Å². The Bertz CT molecular complexity index is 1250. The summed E-state index contributed by atoms with van der Waals surface area (Å²) in [4.78, 5) is 38.2. The number of carbonyl (C=O) groups excluding carboxylic acids is 3. The van der Waals surface area contributed by atoms with Crippen molar-refractivity contribution < 1.29 is 28.6 Å². The molecule has 0 aliphatic rings. The lowest BCUT2D eigenvalue weighted by atomic mass is 10.0. The Hall–Kier alpha value is -2.63. The molecule has 0 bridgehead atoms. The minimum Gasteiger partial charge on any atom is -0.462 e. The molecule has 0 aromatic carbocycles. The van der Waals surface area contributed by atoms with E-state index in [0.29, 0.717) is 19.3 Å². The number of ether oxygens (including phenoxy) is 3. The first kappa shape index (κ1) is 69.4. The first-order chi connectivity index (χ1) is 35.5. The van der Waals surface area contributed by atoms with Gasteiger partial charge in [-0.05, 0) is 103 Å². The highest BCUT2D eigenvalue weighted by Crippen LogP contribution is 2.16. The van der Waals surface area contributed by atoms with Gasteiger partial charge in [0.05, 0.1) is 0 Å². The average molecular weight is 1010 g/mol. The molecule has 0 aromatic rings. The van der Waals surface area contributed by atoms with Crippen molar-refractivity contribution in [2.24, 2.45) is 0 Å². The first-order valence-electron chi connectivity index (χ1n) is 31.6. The van der Waals surface area contributed by atoms with Crippen LogP contribution in [0.5, 0.6) is 0 Å². The van der Waals surface area contributed by atoms with E-state index in [1.54, 1.807) is 0 Å². The van der Waals surface area contributed by atoms with E-state index in [1.807, 2.05) is 0 Å². The van der Waals surface area contributed by atoms with Crippen LogP contribution in [0.3, 0.4) is 0 Å².